The van der Waals surface area contributed by atoms with Crippen LogP contribution in [0.1, 0.15) is 40.0 Å². The number of nitrogens with zero attached hydrogens (tertiary/aromatic N) is 2. The van der Waals surface area contributed by atoms with Crippen LogP contribution in [-0.4, -0.2) is 36.7 Å². The lowest BCUT2D eigenvalue weighted by atomic mass is 10.1. The molecule has 0 saturated carbocycles. The zero-order chi connectivity index (χ0) is 24.3. The van der Waals surface area contributed by atoms with E-state index in [1.807, 2.05) is 0 Å². The molecular weight excluding hydrogens is 462 g/mol. The first-order valence-electron chi connectivity index (χ1n) is 10.8. The number of rotatable bonds is 8. The molecule has 0 unspecified atom stereocenters. The zero-order valence-corrected chi connectivity index (χ0v) is 19.1. The molecule has 1 aliphatic heterocycles. The second-order valence-electron chi connectivity index (χ2n) is 8.07. The van der Waals surface area contributed by atoms with Crippen molar-refractivity contribution < 1.29 is 22.0 Å². The number of amides is 1. The van der Waals surface area contributed by atoms with Crippen molar-refractivity contribution in [1.82, 2.24) is 9.29 Å². The summed E-state index contributed by atoms with van der Waals surface area (Å²) < 4.78 is 54.8. The standard InChI is InChI=1S/C24H24F2N4O3S/c25-21-4-3-5-22(26)19(21)14-29-23-13-17(28-15-20(23)24(27)31)12-16-6-8-18(9-7-16)34(32,33)30-10-1-2-11-30/h3-9,13,15H,1-2,10-12,14H2,(H2,27,31)(H,28,29). The number of halogens is 2. The van der Waals surface area contributed by atoms with Crippen LogP contribution in [0, 0.1) is 11.6 Å². The van der Waals surface area contributed by atoms with Gasteiger partial charge in [-0.3, -0.25) is 9.78 Å². The fourth-order valence-electron chi connectivity index (χ4n) is 3.89. The maximum Gasteiger partial charge on any atom is 0.252 e. The number of hydrogen-bond acceptors (Lipinski definition) is 5. The van der Waals surface area contributed by atoms with Crippen molar-refractivity contribution in [2.24, 2.45) is 5.73 Å². The summed E-state index contributed by atoms with van der Waals surface area (Å²) in [7, 11) is -3.50. The Morgan fingerprint density at radius 1 is 1.06 bits per heavy atom. The van der Waals surface area contributed by atoms with Crippen LogP contribution in [0.2, 0.25) is 0 Å². The number of hydrogen-bond donors (Lipinski definition) is 2. The maximum absolute atomic E-state index is 14.0. The number of carbonyl (C=O) groups excluding carboxylic acids is 1. The van der Waals surface area contributed by atoms with Gasteiger partial charge >= 0.3 is 0 Å². The van der Waals surface area contributed by atoms with Crippen molar-refractivity contribution in [2.45, 2.75) is 30.7 Å². The Kier molecular flexibility index (Phi) is 6.90. The molecule has 10 heteroatoms. The van der Waals surface area contributed by atoms with E-state index in [4.69, 9.17) is 5.73 Å². The molecule has 1 aromatic heterocycles. The third kappa shape index (κ3) is 5.07. The molecule has 0 spiro atoms. The van der Waals surface area contributed by atoms with E-state index in [2.05, 4.69) is 10.3 Å². The summed E-state index contributed by atoms with van der Waals surface area (Å²) in [5.41, 5.74) is 7.03. The van der Waals surface area contributed by atoms with Crippen molar-refractivity contribution in [2.75, 3.05) is 18.4 Å². The smallest absolute Gasteiger partial charge is 0.252 e. The van der Waals surface area contributed by atoms with Crippen molar-refractivity contribution in [3.05, 3.63) is 88.7 Å². The third-order valence-electron chi connectivity index (χ3n) is 5.75. The minimum absolute atomic E-state index is 0.0903. The number of primary amides is 1. The fraction of sp³-hybridized carbons (Fsp3) is 0.250. The normalized spacial score (nSPS) is 14.3. The number of carbonyl (C=O) groups is 1. The molecule has 7 nitrogen and oxygen atoms in total. The van der Waals surface area contributed by atoms with Crippen LogP contribution in [-0.2, 0) is 23.0 Å². The van der Waals surface area contributed by atoms with Crippen LogP contribution >= 0.6 is 0 Å². The van der Waals surface area contributed by atoms with Crippen LogP contribution in [0.4, 0.5) is 14.5 Å². The molecular formula is C24H24F2N4O3S. The van der Waals surface area contributed by atoms with E-state index in [1.165, 1.54) is 16.6 Å². The van der Waals surface area contributed by atoms with E-state index < -0.39 is 27.6 Å². The van der Waals surface area contributed by atoms with Gasteiger partial charge in [-0.2, -0.15) is 4.31 Å². The van der Waals surface area contributed by atoms with E-state index in [0.29, 0.717) is 30.9 Å². The average Bonchev–Trinajstić information content (AvgIpc) is 3.35. The van der Waals surface area contributed by atoms with Crippen LogP contribution in [0.25, 0.3) is 0 Å². The lowest BCUT2D eigenvalue weighted by Crippen LogP contribution is -2.27. The first kappa shape index (κ1) is 23.8. The molecule has 34 heavy (non-hydrogen) atoms. The average molecular weight is 487 g/mol. The lowest BCUT2D eigenvalue weighted by molar-refractivity contribution is 0.100. The quantitative estimate of drug-likeness (QED) is 0.508. The molecule has 1 aliphatic rings. The summed E-state index contributed by atoms with van der Waals surface area (Å²) in [6.07, 6.45) is 3.39. The number of benzene rings is 2. The SMILES string of the molecule is NC(=O)c1cnc(Cc2ccc(S(=O)(=O)N3CCCC3)cc2)cc1NCc1c(F)cccc1F. The second-order valence-corrected chi connectivity index (χ2v) is 10.0. The summed E-state index contributed by atoms with van der Waals surface area (Å²) in [5.74, 6) is -2.13. The van der Waals surface area contributed by atoms with Crippen LogP contribution in [0.3, 0.4) is 0 Å². The number of pyridine rings is 1. The minimum Gasteiger partial charge on any atom is -0.380 e. The predicted molar refractivity (Wildman–Crippen MR) is 124 cm³/mol. The van der Waals surface area contributed by atoms with Gasteiger partial charge in [-0.25, -0.2) is 17.2 Å². The van der Waals surface area contributed by atoms with E-state index in [1.54, 1.807) is 30.3 Å². The van der Waals surface area contributed by atoms with E-state index in [0.717, 1.165) is 30.5 Å². The molecule has 0 radical (unpaired) electrons. The summed E-state index contributed by atoms with van der Waals surface area (Å²) in [6, 6.07) is 11.7. The molecule has 2 heterocycles. The first-order chi connectivity index (χ1) is 16.3. The number of nitrogens with two attached hydrogens (primary N) is 1. The Bertz CT molecular complexity index is 1290. The Labute approximate surface area is 196 Å². The number of nitrogens with one attached hydrogen (secondary N) is 1. The second kappa shape index (κ2) is 9.86. The van der Waals surface area contributed by atoms with Crippen LogP contribution in [0.15, 0.2) is 59.6 Å². The molecule has 0 bridgehead atoms. The highest BCUT2D eigenvalue weighted by atomic mass is 32.2. The summed E-state index contributed by atoms with van der Waals surface area (Å²) in [4.78, 5) is 16.3. The van der Waals surface area contributed by atoms with Gasteiger partial charge in [0.15, 0.2) is 0 Å². The van der Waals surface area contributed by atoms with Crippen molar-refractivity contribution in [3.8, 4) is 0 Å². The Morgan fingerprint density at radius 3 is 2.32 bits per heavy atom. The Hall–Kier alpha value is -3.37. The summed E-state index contributed by atoms with van der Waals surface area (Å²) in [5, 5.41) is 2.87. The monoisotopic (exact) mass is 486 g/mol. The topological polar surface area (TPSA) is 105 Å². The van der Waals surface area contributed by atoms with Gasteiger partial charge in [-0.15, -0.1) is 0 Å². The Morgan fingerprint density at radius 2 is 1.71 bits per heavy atom. The summed E-state index contributed by atoms with van der Waals surface area (Å²) >= 11 is 0. The van der Waals surface area contributed by atoms with Gasteiger partial charge in [0.25, 0.3) is 5.91 Å². The molecule has 0 atom stereocenters. The van der Waals surface area contributed by atoms with Gasteiger partial charge in [0, 0.05) is 43.5 Å². The van der Waals surface area contributed by atoms with Gasteiger partial charge in [-0.1, -0.05) is 18.2 Å². The molecule has 0 aliphatic carbocycles. The molecule has 1 saturated heterocycles. The first-order valence-corrected chi connectivity index (χ1v) is 12.2. The van der Waals surface area contributed by atoms with E-state index >= 15 is 0 Å². The largest absolute Gasteiger partial charge is 0.380 e. The summed E-state index contributed by atoms with van der Waals surface area (Å²) in [6.45, 7) is 0.880. The van der Waals surface area contributed by atoms with Gasteiger partial charge in [0.05, 0.1) is 16.1 Å². The predicted octanol–water partition coefficient (Wildman–Crippen LogP) is 3.45. The molecule has 3 N–H and O–H groups in total. The van der Waals surface area contributed by atoms with E-state index in [9.17, 15) is 22.0 Å². The number of anilines is 1. The lowest BCUT2D eigenvalue weighted by Gasteiger charge is -2.15. The van der Waals surface area contributed by atoms with E-state index in [-0.39, 0.29) is 22.6 Å². The maximum atomic E-state index is 14.0. The van der Waals surface area contributed by atoms with Gasteiger partial charge < -0.3 is 11.1 Å². The molecule has 4 rings (SSSR count). The molecule has 1 fully saturated rings. The molecule has 2 aromatic carbocycles. The third-order valence-corrected chi connectivity index (χ3v) is 7.67. The van der Waals surface area contributed by atoms with Crippen molar-refractivity contribution in [1.29, 1.82) is 0 Å². The van der Waals surface area contributed by atoms with Crippen LogP contribution < -0.4 is 11.1 Å². The minimum atomic E-state index is -3.50. The number of sulfonamides is 1. The highest BCUT2D eigenvalue weighted by molar-refractivity contribution is 7.89. The van der Waals surface area contributed by atoms with Crippen molar-refractivity contribution in [3.63, 3.8) is 0 Å². The van der Waals surface area contributed by atoms with Gasteiger partial charge in [0.1, 0.15) is 11.6 Å². The molecule has 1 amide bonds. The zero-order valence-electron chi connectivity index (χ0n) is 18.3. The fourth-order valence-corrected chi connectivity index (χ4v) is 5.41. The van der Waals surface area contributed by atoms with Gasteiger partial charge in [-0.05, 0) is 48.7 Å². The van der Waals surface area contributed by atoms with Crippen LogP contribution in [0.5, 0.6) is 0 Å². The highest BCUT2D eigenvalue weighted by Crippen LogP contribution is 2.23. The highest BCUT2D eigenvalue weighted by Gasteiger charge is 2.26. The Balaban J connectivity index is 1.53. The van der Waals surface area contributed by atoms with Gasteiger partial charge in [0.2, 0.25) is 10.0 Å². The number of aromatic nitrogens is 1. The van der Waals surface area contributed by atoms with Crippen molar-refractivity contribution >= 4 is 21.6 Å². The molecule has 178 valence electrons. The molecule has 3 aromatic rings.